The molecule has 1 aromatic carbocycles. The maximum absolute atomic E-state index is 13.0. The molecule has 102 valence electrons. The Morgan fingerprint density at radius 1 is 1.50 bits per heavy atom. The van der Waals surface area contributed by atoms with Crippen molar-refractivity contribution in [2.45, 2.75) is 25.4 Å². The Labute approximate surface area is 117 Å². The van der Waals surface area contributed by atoms with Crippen LogP contribution >= 0.6 is 23.4 Å². The third-order valence-corrected chi connectivity index (χ3v) is 3.82. The Kier molecular flexibility index (Phi) is 7.00. The molecule has 0 unspecified atom stereocenters. The third-order valence-electron chi connectivity index (χ3n) is 2.76. The molecule has 0 heterocycles. The molecule has 2 N–H and O–H groups in total. The minimum Gasteiger partial charge on any atom is -0.396 e. The molecular weight excluding hydrogens is 273 g/mol. The highest BCUT2D eigenvalue weighted by molar-refractivity contribution is 7.98. The molecule has 0 saturated heterocycles. The molecule has 0 radical (unpaired) electrons. The molecule has 2 atom stereocenters. The minimum atomic E-state index is -0.327. The van der Waals surface area contributed by atoms with Gasteiger partial charge in [0.1, 0.15) is 5.82 Å². The van der Waals surface area contributed by atoms with Crippen molar-refractivity contribution in [2.75, 3.05) is 18.6 Å². The van der Waals surface area contributed by atoms with Crippen LogP contribution < -0.4 is 5.32 Å². The fourth-order valence-electron chi connectivity index (χ4n) is 1.87. The van der Waals surface area contributed by atoms with E-state index in [9.17, 15) is 4.39 Å². The van der Waals surface area contributed by atoms with Crippen LogP contribution in [0.5, 0.6) is 0 Å². The second-order valence-electron chi connectivity index (χ2n) is 4.22. The largest absolute Gasteiger partial charge is 0.396 e. The first-order valence-corrected chi connectivity index (χ1v) is 7.66. The van der Waals surface area contributed by atoms with Crippen LogP contribution in [-0.4, -0.2) is 29.8 Å². The lowest BCUT2D eigenvalue weighted by Crippen LogP contribution is -2.34. The first-order valence-electron chi connectivity index (χ1n) is 5.89. The summed E-state index contributed by atoms with van der Waals surface area (Å²) in [5.74, 6) is 0.593. The predicted octanol–water partition coefficient (Wildman–Crippen LogP) is 3.24. The van der Waals surface area contributed by atoms with E-state index in [1.165, 1.54) is 12.1 Å². The van der Waals surface area contributed by atoms with E-state index in [0.717, 1.165) is 11.3 Å². The summed E-state index contributed by atoms with van der Waals surface area (Å²) in [5.41, 5.74) is 0.877. The molecule has 1 rings (SSSR count). The van der Waals surface area contributed by atoms with Crippen molar-refractivity contribution in [3.63, 3.8) is 0 Å². The van der Waals surface area contributed by atoms with Gasteiger partial charge in [-0.3, -0.25) is 0 Å². The molecule has 0 aliphatic heterocycles. The smallest absolute Gasteiger partial charge is 0.124 e. The van der Waals surface area contributed by atoms with Crippen molar-refractivity contribution in [1.29, 1.82) is 0 Å². The first kappa shape index (κ1) is 15.8. The van der Waals surface area contributed by atoms with Gasteiger partial charge in [0.15, 0.2) is 0 Å². The highest BCUT2D eigenvalue weighted by Crippen LogP contribution is 2.24. The molecule has 0 aromatic heterocycles. The predicted molar refractivity (Wildman–Crippen MR) is 76.8 cm³/mol. The lowest BCUT2D eigenvalue weighted by Gasteiger charge is -2.23. The zero-order chi connectivity index (χ0) is 13.5. The van der Waals surface area contributed by atoms with Gasteiger partial charge >= 0.3 is 0 Å². The lowest BCUT2D eigenvalue weighted by atomic mass is 10.1. The van der Waals surface area contributed by atoms with Crippen molar-refractivity contribution in [3.05, 3.63) is 34.6 Å². The van der Waals surface area contributed by atoms with E-state index in [2.05, 4.69) is 5.32 Å². The number of aliphatic hydroxyl groups is 1. The number of rotatable bonds is 7. The highest BCUT2D eigenvalue weighted by Gasteiger charge is 2.15. The maximum atomic E-state index is 13.0. The standard InChI is InChI=1S/C13H19ClFNOS/c1-9(16-11(5-6-17)8-18-2)12-4-3-10(15)7-13(12)14/h3-4,7,9,11,16-17H,5-6,8H2,1-2H3/t9-,11+/m1/s1. The quantitative estimate of drug-likeness (QED) is 0.809. The summed E-state index contributed by atoms with van der Waals surface area (Å²) in [7, 11) is 0. The van der Waals surface area contributed by atoms with Crippen molar-refractivity contribution in [2.24, 2.45) is 0 Å². The summed E-state index contributed by atoms with van der Waals surface area (Å²) in [5, 5.41) is 12.9. The molecule has 18 heavy (non-hydrogen) atoms. The molecule has 1 aromatic rings. The van der Waals surface area contributed by atoms with Crippen molar-refractivity contribution < 1.29 is 9.50 Å². The fraction of sp³-hybridized carbons (Fsp3) is 0.538. The highest BCUT2D eigenvalue weighted by atomic mass is 35.5. The molecule has 0 aliphatic carbocycles. The summed E-state index contributed by atoms with van der Waals surface area (Å²) in [4.78, 5) is 0. The van der Waals surface area contributed by atoms with Gasteiger partial charge < -0.3 is 10.4 Å². The van der Waals surface area contributed by atoms with Crippen LogP contribution in [-0.2, 0) is 0 Å². The third kappa shape index (κ3) is 4.76. The summed E-state index contributed by atoms with van der Waals surface area (Å²) >= 11 is 7.75. The number of benzene rings is 1. The van der Waals surface area contributed by atoms with Crippen LogP contribution in [0.3, 0.4) is 0 Å². The van der Waals surface area contributed by atoms with E-state index < -0.39 is 0 Å². The average Bonchev–Trinajstić information content (AvgIpc) is 2.29. The van der Waals surface area contributed by atoms with Gasteiger partial charge in [-0.15, -0.1) is 0 Å². The van der Waals surface area contributed by atoms with Crippen LogP contribution in [0.4, 0.5) is 4.39 Å². The lowest BCUT2D eigenvalue weighted by molar-refractivity contribution is 0.265. The Morgan fingerprint density at radius 3 is 2.78 bits per heavy atom. The molecule has 0 aliphatic rings. The van der Waals surface area contributed by atoms with Gasteiger partial charge in [0.2, 0.25) is 0 Å². The van der Waals surface area contributed by atoms with E-state index in [0.29, 0.717) is 11.4 Å². The van der Waals surface area contributed by atoms with Crippen molar-refractivity contribution in [3.8, 4) is 0 Å². The van der Waals surface area contributed by atoms with Crippen LogP contribution in [0.2, 0.25) is 5.02 Å². The second-order valence-corrected chi connectivity index (χ2v) is 5.54. The second kappa shape index (κ2) is 8.00. The Hall–Kier alpha value is -0.290. The van der Waals surface area contributed by atoms with E-state index >= 15 is 0 Å². The number of thioether (sulfide) groups is 1. The number of hydrogen-bond acceptors (Lipinski definition) is 3. The van der Waals surface area contributed by atoms with E-state index in [1.54, 1.807) is 17.8 Å². The Morgan fingerprint density at radius 2 is 2.22 bits per heavy atom. The first-order chi connectivity index (χ1) is 8.58. The van der Waals surface area contributed by atoms with Gasteiger partial charge in [-0.1, -0.05) is 17.7 Å². The zero-order valence-corrected chi connectivity index (χ0v) is 12.2. The van der Waals surface area contributed by atoms with Crippen LogP contribution in [0.25, 0.3) is 0 Å². The number of nitrogens with one attached hydrogen (secondary N) is 1. The van der Waals surface area contributed by atoms with Crippen LogP contribution in [0.15, 0.2) is 18.2 Å². The molecule has 0 amide bonds. The van der Waals surface area contributed by atoms with Gasteiger partial charge in [-0.25, -0.2) is 4.39 Å². The average molecular weight is 292 g/mol. The number of hydrogen-bond donors (Lipinski definition) is 2. The maximum Gasteiger partial charge on any atom is 0.124 e. The summed E-state index contributed by atoms with van der Waals surface area (Å²) in [6, 6.07) is 4.69. The van der Waals surface area contributed by atoms with Crippen molar-refractivity contribution >= 4 is 23.4 Å². The minimum absolute atomic E-state index is 0.0294. The van der Waals surface area contributed by atoms with E-state index in [1.807, 2.05) is 13.2 Å². The van der Waals surface area contributed by atoms with Gasteiger partial charge in [0.05, 0.1) is 0 Å². The molecule has 0 saturated carbocycles. The fourth-order valence-corrected chi connectivity index (χ4v) is 2.86. The molecule has 2 nitrogen and oxygen atoms in total. The van der Waals surface area contributed by atoms with Gasteiger partial charge in [-0.05, 0) is 37.3 Å². The van der Waals surface area contributed by atoms with Gasteiger partial charge in [0.25, 0.3) is 0 Å². The normalized spacial score (nSPS) is 14.5. The van der Waals surface area contributed by atoms with E-state index in [-0.39, 0.29) is 24.5 Å². The number of halogens is 2. The van der Waals surface area contributed by atoms with Crippen LogP contribution in [0, 0.1) is 5.82 Å². The van der Waals surface area contributed by atoms with Gasteiger partial charge in [0, 0.05) is 29.5 Å². The zero-order valence-electron chi connectivity index (χ0n) is 10.6. The van der Waals surface area contributed by atoms with Crippen molar-refractivity contribution in [1.82, 2.24) is 5.32 Å². The van der Waals surface area contributed by atoms with Crippen LogP contribution in [0.1, 0.15) is 24.9 Å². The van der Waals surface area contributed by atoms with E-state index in [4.69, 9.17) is 16.7 Å². The Bertz CT molecular complexity index is 372. The Balaban J connectivity index is 2.70. The summed E-state index contributed by atoms with van der Waals surface area (Å²) in [6.07, 6.45) is 2.73. The van der Waals surface area contributed by atoms with Gasteiger partial charge in [-0.2, -0.15) is 11.8 Å². The number of aliphatic hydroxyl groups excluding tert-OH is 1. The molecule has 0 bridgehead atoms. The molecule has 5 heteroatoms. The summed E-state index contributed by atoms with van der Waals surface area (Å²) in [6.45, 7) is 2.14. The SMILES string of the molecule is CSC[C@H](CCO)N[C@H](C)c1ccc(F)cc1Cl. The molecule has 0 fully saturated rings. The summed E-state index contributed by atoms with van der Waals surface area (Å²) < 4.78 is 13.0. The molecule has 0 spiro atoms. The topological polar surface area (TPSA) is 32.3 Å². The molecular formula is C13H19ClFNOS. The monoisotopic (exact) mass is 291 g/mol.